The zero-order valence-electron chi connectivity index (χ0n) is 16.4. The Morgan fingerprint density at radius 2 is 1.81 bits per heavy atom. The van der Waals surface area contributed by atoms with Crippen molar-refractivity contribution in [1.82, 2.24) is 24.4 Å². The molecule has 0 aliphatic carbocycles. The van der Waals surface area contributed by atoms with Crippen molar-refractivity contribution in [2.45, 2.75) is 19.9 Å². The van der Waals surface area contributed by atoms with Crippen LogP contribution in [0.2, 0.25) is 0 Å². The molecular weight excluding hydrogens is 336 g/mol. The Kier molecular flexibility index (Phi) is 5.09. The van der Waals surface area contributed by atoms with Crippen molar-refractivity contribution in [3.05, 3.63) is 48.2 Å². The zero-order chi connectivity index (χ0) is 18.8. The van der Waals surface area contributed by atoms with Crippen LogP contribution in [0.3, 0.4) is 0 Å². The van der Waals surface area contributed by atoms with Gasteiger partial charge in [0.05, 0.1) is 11.4 Å². The third-order valence-electron chi connectivity index (χ3n) is 5.36. The largest absolute Gasteiger partial charge is 0.368 e. The van der Waals surface area contributed by atoms with E-state index in [4.69, 9.17) is 4.98 Å². The molecule has 6 nitrogen and oxygen atoms in total. The zero-order valence-corrected chi connectivity index (χ0v) is 16.4. The van der Waals surface area contributed by atoms with Gasteiger partial charge in [-0.3, -0.25) is 4.90 Å². The van der Waals surface area contributed by atoms with Crippen LogP contribution in [-0.2, 0) is 0 Å². The highest BCUT2D eigenvalue weighted by molar-refractivity contribution is 5.66. The molecule has 1 atom stereocenters. The standard InChI is InChI=1S/C21H28N6/c1-16-13-21-23-19(18-7-5-4-6-8-18)14-20(27(21)24-16)22-15-17(2)26-11-9-25(3)10-12-26/h4-8,13-14,17,22H,9-12,15H2,1-3H3/t17-/m0/s1. The van der Waals surface area contributed by atoms with E-state index in [1.807, 2.05) is 35.7 Å². The number of anilines is 1. The van der Waals surface area contributed by atoms with Crippen LogP contribution in [0.25, 0.3) is 16.9 Å². The van der Waals surface area contributed by atoms with Crippen LogP contribution in [0, 0.1) is 6.92 Å². The number of nitrogens with one attached hydrogen (secondary N) is 1. The lowest BCUT2D eigenvalue weighted by molar-refractivity contribution is 0.123. The number of benzene rings is 1. The summed E-state index contributed by atoms with van der Waals surface area (Å²) in [6.45, 7) is 9.72. The predicted octanol–water partition coefficient (Wildman–Crippen LogP) is 2.75. The molecule has 3 heterocycles. The number of aromatic nitrogens is 3. The highest BCUT2D eigenvalue weighted by Gasteiger charge is 2.19. The van der Waals surface area contributed by atoms with Crippen LogP contribution in [0.1, 0.15) is 12.6 Å². The van der Waals surface area contributed by atoms with Crippen molar-refractivity contribution in [1.29, 1.82) is 0 Å². The Bertz CT molecular complexity index is 896. The second kappa shape index (κ2) is 7.66. The lowest BCUT2D eigenvalue weighted by atomic mass is 10.1. The molecule has 0 amide bonds. The average Bonchev–Trinajstić information content (AvgIpc) is 3.07. The highest BCUT2D eigenvalue weighted by Crippen LogP contribution is 2.22. The Hall–Kier alpha value is -2.44. The molecule has 0 spiro atoms. The van der Waals surface area contributed by atoms with Gasteiger partial charge in [-0.2, -0.15) is 9.61 Å². The van der Waals surface area contributed by atoms with Gasteiger partial charge in [0.1, 0.15) is 5.82 Å². The van der Waals surface area contributed by atoms with Crippen molar-refractivity contribution < 1.29 is 0 Å². The maximum absolute atomic E-state index is 4.80. The number of hydrogen-bond acceptors (Lipinski definition) is 5. The first-order valence-electron chi connectivity index (χ1n) is 9.69. The van der Waals surface area contributed by atoms with Gasteiger partial charge in [-0.05, 0) is 20.9 Å². The number of rotatable bonds is 5. The summed E-state index contributed by atoms with van der Waals surface area (Å²) in [7, 11) is 2.19. The second-order valence-corrected chi connectivity index (χ2v) is 7.52. The summed E-state index contributed by atoms with van der Waals surface area (Å²) in [6.07, 6.45) is 0. The molecule has 0 bridgehead atoms. The molecule has 142 valence electrons. The molecule has 1 aromatic carbocycles. The number of nitrogens with zero attached hydrogens (tertiary/aromatic N) is 5. The van der Waals surface area contributed by atoms with Crippen molar-refractivity contribution in [3.8, 4) is 11.3 Å². The third-order valence-corrected chi connectivity index (χ3v) is 5.36. The third kappa shape index (κ3) is 3.96. The molecule has 0 unspecified atom stereocenters. The second-order valence-electron chi connectivity index (χ2n) is 7.52. The quantitative estimate of drug-likeness (QED) is 0.754. The molecule has 1 saturated heterocycles. The number of likely N-dealkylation sites (N-methyl/N-ethyl adjacent to an activating group) is 1. The topological polar surface area (TPSA) is 48.7 Å². The van der Waals surface area contributed by atoms with Gasteiger partial charge in [0.15, 0.2) is 5.65 Å². The number of piperazine rings is 1. The highest BCUT2D eigenvalue weighted by atomic mass is 15.3. The number of hydrogen-bond donors (Lipinski definition) is 1. The van der Waals surface area contributed by atoms with Crippen LogP contribution >= 0.6 is 0 Å². The lowest BCUT2D eigenvalue weighted by Crippen LogP contribution is -2.50. The van der Waals surface area contributed by atoms with E-state index in [-0.39, 0.29) is 0 Å². The van der Waals surface area contributed by atoms with E-state index >= 15 is 0 Å². The van der Waals surface area contributed by atoms with Crippen LogP contribution in [0.5, 0.6) is 0 Å². The van der Waals surface area contributed by atoms with Crippen LogP contribution in [0.4, 0.5) is 5.82 Å². The smallest absolute Gasteiger partial charge is 0.158 e. The molecule has 3 aromatic rings. The molecule has 4 rings (SSSR count). The fraction of sp³-hybridized carbons (Fsp3) is 0.429. The van der Waals surface area contributed by atoms with E-state index < -0.39 is 0 Å². The van der Waals surface area contributed by atoms with E-state index in [1.54, 1.807) is 0 Å². The molecule has 0 radical (unpaired) electrons. The Balaban J connectivity index is 1.57. The van der Waals surface area contributed by atoms with E-state index in [0.29, 0.717) is 6.04 Å². The van der Waals surface area contributed by atoms with Crippen molar-refractivity contribution >= 4 is 11.5 Å². The molecule has 6 heteroatoms. The van der Waals surface area contributed by atoms with Crippen LogP contribution in [-0.4, -0.2) is 70.2 Å². The van der Waals surface area contributed by atoms with Gasteiger partial charge in [0.25, 0.3) is 0 Å². The summed E-state index contributed by atoms with van der Waals surface area (Å²) >= 11 is 0. The molecular formula is C21H28N6. The first-order valence-corrected chi connectivity index (χ1v) is 9.69. The summed E-state index contributed by atoms with van der Waals surface area (Å²) in [4.78, 5) is 9.74. The van der Waals surface area contributed by atoms with Gasteiger partial charge < -0.3 is 10.2 Å². The van der Waals surface area contributed by atoms with Gasteiger partial charge in [-0.25, -0.2) is 4.98 Å². The maximum atomic E-state index is 4.80. The van der Waals surface area contributed by atoms with E-state index in [1.165, 1.54) is 0 Å². The minimum atomic E-state index is 0.471. The molecule has 2 aromatic heterocycles. The summed E-state index contributed by atoms with van der Waals surface area (Å²) in [6, 6.07) is 14.9. The Morgan fingerprint density at radius 1 is 1.07 bits per heavy atom. The summed E-state index contributed by atoms with van der Waals surface area (Å²) < 4.78 is 1.92. The fourth-order valence-corrected chi connectivity index (χ4v) is 3.62. The molecule has 1 N–H and O–H groups in total. The van der Waals surface area contributed by atoms with Crippen LogP contribution < -0.4 is 5.32 Å². The molecule has 0 saturated carbocycles. The van der Waals surface area contributed by atoms with Gasteiger partial charge >= 0.3 is 0 Å². The number of aryl methyl sites for hydroxylation is 1. The van der Waals surface area contributed by atoms with Gasteiger partial charge in [-0.15, -0.1) is 0 Å². The first kappa shape index (κ1) is 17.9. The Morgan fingerprint density at radius 3 is 2.56 bits per heavy atom. The van der Waals surface area contributed by atoms with Crippen molar-refractivity contribution in [2.24, 2.45) is 0 Å². The predicted molar refractivity (Wildman–Crippen MR) is 110 cm³/mol. The van der Waals surface area contributed by atoms with Crippen LogP contribution in [0.15, 0.2) is 42.5 Å². The first-order chi connectivity index (χ1) is 13.1. The monoisotopic (exact) mass is 364 g/mol. The summed E-state index contributed by atoms with van der Waals surface area (Å²) in [5.41, 5.74) is 3.94. The van der Waals surface area contributed by atoms with E-state index in [0.717, 1.165) is 61.1 Å². The van der Waals surface area contributed by atoms with E-state index in [9.17, 15) is 0 Å². The lowest BCUT2D eigenvalue weighted by Gasteiger charge is -2.36. The minimum absolute atomic E-state index is 0.471. The van der Waals surface area contributed by atoms with Crippen molar-refractivity contribution in [3.63, 3.8) is 0 Å². The van der Waals surface area contributed by atoms with Gasteiger partial charge in [-0.1, -0.05) is 30.3 Å². The normalized spacial score (nSPS) is 17.3. The average molecular weight is 364 g/mol. The Labute approximate surface area is 160 Å². The molecule has 1 fully saturated rings. The summed E-state index contributed by atoms with van der Waals surface area (Å²) in [5.74, 6) is 0.993. The van der Waals surface area contributed by atoms with Crippen molar-refractivity contribution in [2.75, 3.05) is 45.1 Å². The van der Waals surface area contributed by atoms with Gasteiger partial charge in [0, 0.05) is 56.5 Å². The molecule has 1 aliphatic heterocycles. The summed E-state index contributed by atoms with van der Waals surface area (Å²) in [5, 5.41) is 8.24. The van der Waals surface area contributed by atoms with E-state index in [2.05, 4.69) is 52.4 Å². The minimum Gasteiger partial charge on any atom is -0.368 e. The van der Waals surface area contributed by atoms with Gasteiger partial charge in [0.2, 0.25) is 0 Å². The fourth-order valence-electron chi connectivity index (χ4n) is 3.62. The number of fused-ring (bicyclic) bond motifs is 1. The molecule has 1 aliphatic rings. The molecule has 27 heavy (non-hydrogen) atoms. The SMILES string of the molecule is Cc1cc2nc(-c3ccccc3)cc(NC[C@H](C)N3CCN(C)CC3)n2n1. The maximum Gasteiger partial charge on any atom is 0.158 e.